The number of fused-ring (bicyclic) bond motifs is 2. The molecule has 2 atom stereocenters. The van der Waals surface area contributed by atoms with Gasteiger partial charge in [0.1, 0.15) is 15.9 Å². The zero-order valence-corrected chi connectivity index (χ0v) is 14.4. The van der Waals surface area contributed by atoms with Crippen LogP contribution in [0, 0.1) is 0 Å². The average molecular weight is 344 g/mol. The van der Waals surface area contributed by atoms with Gasteiger partial charge in [-0.2, -0.15) is 0 Å². The van der Waals surface area contributed by atoms with Gasteiger partial charge >= 0.3 is 6.09 Å². The first-order valence-electron chi connectivity index (χ1n) is 7.32. The second kappa shape index (κ2) is 5.46. The Labute approximate surface area is 140 Å². The number of halogens is 2. The normalized spacial score (nSPS) is 24.0. The highest BCUT2D eigenvalue weighted by molar-refractivity contribution is 6.32. The monoisotopic (exact) mass is 343 g/mol. The van der Waals surface area contributed by atoms with Gasteiger partial charge in [-0.15, -0.1) is 0 Å². The molecule has 3 heterocycles. The summed E-state index contributed by atoms with van der Waals surface area (Å²) in [6, 6.07) is 4.07. The van der Waals surface area contributed by atoms with Crippen molar-refractivity contribution in [1.82, 2.24) is 9.88 Å². The van der Waals surface area contributed by atoms with E-state index in [1.54, 1.807) is 0 Å². The molecule has 120 valence electrons. The largest absolute Gasteiger partial charge is 0.444 e. The van der Waals surface area contributed by atoms with Crippen LogP contribution in [-0.4, -0.2) is 46.8 Å². The number of aromatic nitrogens is 1. The molecule has 0 saturated carbocycles. The molecule has 0 aromatic carbocycles. The highest BCUT2D eigenvalue weighted by Gasteiger charge is 2.46. The molecule has 0 spiro atoms. The van der Waals surface area contributed by atoms with Crippen molar-refractivity contribution in [3.63, 3.8) is 0 Å². The van der Waals surface area contributed by atoms with Crippen LogP contribution in [0.25, 0.3) is 0 Å². The summed E-state index contributed by atoms with van der Waals surface area (Å²) in [6.07, 6.45) is 0.710. The molecule has 5 nitrogen and oxygen atoms in total. The van der Waals surface area contributed by atoms with E-state index in [2.05, 4.69) is 9.88 Å². The van der Waals surface area contributed by atoms with E-state index in [0.717, 1.165) is 18.7 Å². The zero-order valence-electron chi connectivity index (χ0n) is 12.8. The summed E-state index contributed by atoms with van der Waals surface area (Å²) in [5.74, 6) is 0. The summed E-state index contributed by atoms with van der Waals surface area (Å²) in [5.41, 5.74) is 0.492. The third kappa shape index (κ3) is 3.10. The Morgan fingerprint density at radius 2 is 1.86 bits per heavy atom. The smallest absolute Gasteiger partial charge is 0.410 e. The van der Waals surface area contributed by atoms with Gasteiger partial charge in [-0.25, -0.2) is 9.78 Å². The van der Waals surface area contributed by atoms with Crippen molar-refractivity contribution in [1.29, 1.82) is 0 Å². The maximum absolute atomic E-state index is 12.2. The predicted octanol–water partition coefficient (Wildman–Crippen LogP) is 3.59. The first-order valence-corrected chi connectivity index (χ1v) is 8.08. The van der Waals surface area contributed by atoms with Crippen molar-refractivity contribution < 1.29 is 9.53 Å². The highest BCUT2D eigenvalue weighted by Crippen LogP contribution is 2.36. The summed E-state index contributed by atoms with van der Waals surface area (Å²) in [5, 5.41) is 0.767. The number of hydrogen-bond acceptors (Lipinski definition) is 4. The number of pyridine rings is 1. The van der Waals surface area contributed by atoms with Crippen molar-refractivity contribution in [2.45, 2.75) is 44.9 Å². The SMILES string of the molecule is CC(C)(C)OC(=O)N1CC2CC1CN2c1cc(Cl)nc(Cl)c1. The second-order valence-electron chi connectivity index (χ2n) is 6.80. The third-order valence-electron chi connectivity index (χ3n) is 3.95. The Bertz CT molecular complexity index is 583. The number of ether oxygens (including phenoxy) is 1. The van der Waals surface area contributed by atoms with E-state index in [0.29, 0.717) is 16.9 Å². The number of piperazine rings is 1. The lowest BCUT2D eigenvalue weighted by atomic mass is 10.2. The lowest BCUT2D eigenvalue weighted by Crippen LogP contribution is -2.50. The molecule has 22 heavy (non-hydrogen) atoms. The molecule has 2 fully saturated rings. The summed E-state index contributed by atoms with van der Waals surface area (Å²) >= 11 is 12.0. The summed E-state index contributed by atoms with van der Waals surface area (Å²) in [7, 11) is 0. The van der Waals surface area contributed by atoms with Crippen LogP contribution >= 0.6 is 23.2 Å². The average Bonchev–Trinajstić information content (AvgIpc) is 2.94. The second-order valence-corrected chi connectivity index (χ2v) is 7.57. The number of rotatable bonds is 1. The van der Waals surface area contributed by atoms with Crippen molar-refractivity contribution in [2.24, 2.45) is 0 Å². The van der Waals surface area contributed by atoms with Crippen LogP contribution in [0.1, 0.15) is 27.2 Å². The summed E-state index contributed by atoms with van der Waals surface area (Å²) in [4.78, 5) is 20.3. The van der Waals surface area contributed by atoms with Gasteiger partial charge in [0.05, 0.1) is 6.04 Å². The minimum Gasteiger partial charge on any atom is -0.444 e. The molecule has 3 rings (SSSR count). The molecular weight excluding hydrogens is 325 g/mol. The molecule has 2 saturated heterocycles. The van der Waals surface area contributed by atoms with Gasteiger partial charge < -0.3 is 14.5 Å². The van der Waals surface area contributed by atoms with Crippen LogP contribution in [0.15, 0.2) is 12.1 Å². The molecule has 2 aliphatic heterocycles. The van der Waals surface area contributed by atoms with Crippen molar-refractivity contribution in [3.05, 3.63) is 22.4 Å². The molecule has 1 aromatic heterocycles. The number of hydrogen-bond donors (Lipinski definition) is 0. The lowest BCUT2D eigenvalue weighted by Gasteiger charge is -2.36. The first kappa shape index (κ1) is 15.7. The number of likely N-dealkylation sites (tertiary alicyclic amines) is 1. The fourth-order valence-electron chi connectivity index (χ4n) is 3.15. The molecule has 2 aliphatic rings. The van der Waals surface area contributed by atoms with Gasteiger partial charge in [-0.1, -0.05) is 23.2 Å². The standard InChI is InChI=1S/C15H19Cl2N3O2/c1-15(2,3)22-14(21)20-8-10-4-11(20)7-19(10)9-5-12(16)18-13(17)6-9/h5-6,10-11H,4,7-8H2,1-3H3. The van der Waals surface area contributed by atoms with Gasteiger partial charge in [-0.05, 0) is 39.3 Å². The van der Waals surface area contributed by atoms with Gasteiger partial charge in [0.2, 0.25) is 0 Å². The highest BCUT2D eigenvalue weighted by atomic mass is 35.5. The lowest BCUT2D eigenvalue weighted by molar-refractivity contribution is 0.0215. The Morgan fingerprint density at radius 3 is 2.36 bits per heavy atom. The van der Waals surface area contributed by atoms with E-state index in [4.69, 9.17) is 27.9 Å². The van der Waals surface area contributed by atoms with Gasteiger partial charge in [0.15, 0.2) is 0 Å². The van der Waals surface area contributed by atoms with Crippen molar-refractivity contribution in [2.75, 3.05) is 18.0 Å². The Kier molecular flexibility index (Phi) is 3.89. The summed E-state index contributed by atoms with van der Waals surface area (Å²) in [6.45, 7) is 7.07. The molecule has 1 amide bonds. The van der Waals surface area contributed by atoms with E-state index < -0.39 is 5.60 Å². The Morgan fingerprint density at radius 1 is 1.23 bits per heavy atom. The fraction of sp³-hybridized carbons (Fsp3) is 0.600. The van der Waals surface area contributed by atoms with Gasteiger partial charge in [0.25, 0.3) is 0 Å². The molecule has 0 radical (unpaired) electrons. The van der Waals surface area contributed by atoms with Crippen LogP contribution in [0.5, 0.6) is 0 Å². The van der Waals surface area contributed by atoms with E-state index in [1.807, 2.05) is 37.8 Å². The van der Waals surface area contributed by atoms with E-state index in [1.165, 1.54) is 0 Å². The molecule has 2 bridgehead atoms. The third-order valence-corrected chi connectivity index (χ3v) is 4.34. The first-order chi connectivity index (χ1) is 10.2. The van der Waals surface area contributed by atoms with E-state index in [-0.39, 0.29) is 18.2 Å². The van der Waals surface area contributed by atoms with Crippen LogP contribution in [0.2, 0.25) is 10.3 Å². The van der Waals surface area contributed by atoms with Gasteiger partial charge in [-0.3, -0.25) is 0 Å². The Hall–Kier alpha value is -1.20. The van der Waals surface area contributed by atoms with Crippen LogP contribution < -0.4 is 4.90 Å². The van der Waals surface area contributed by atoms with Crippen molar-refractivity contribution in [3.8, 4) is 0 Å². The fourth-order valence-corrected chi connectivity index (χ4v) is 3.59. The van der Waals surface area contributed by atoms with E-state index >= 15 is 0 Å². The van der Waals surface area contributed by atoms with Crippen molar-refractivity contribution >= 4 is 35.0 Å². The molecule has 0 N–H and O–H groups in total. The van der Waals surface area contributed by atoms with Gasteiger partial charge in [0, 0.05) is 24.8 Å². The number of amides is 1. The molecule has 2 unspecified atom stereocenters. The maximum atomic E-state index is 12.2. The van der Waals surface area contributed by atoms with E-state index in [9.17, 15) is 4.79 Å². The predicted molar refractivity (Wildman–Crippen MR) is 86.7 cm³/mol. The van der Waals surface area contributed by atoms with Crippen LogP contribution in [0.3, 0.4) is 0 Å². The van der Waals surface area contributed by atoms with Crippen LogP contribution in [0.4, 0.5) is 10.5 Å². The number of carbonyl (C=O) groups is 1. The zero-order chi connectivity index (χ0) is 16.1. The minimum atomic E-state index is -0.468. The minimum absolute atomic E-state index is 0.172. The number of anilines is 1. The maximum Gasteiger partial charge on any atom is 0.410 e. The van der Waals surface area contributed by atoms with Crippen LogP contribution in [-0.2, 0) is 4.74 Å². The summed E-state index contributed by atoms with van der Waals surface area (Å²) < 4.78 is 5.47. The topological polar surface area (TPSA) is 45.7 Å². The number of nitrogens with zero attached hydrogens (tertiary/aromatic N) is 3. The molecule has 7 heteroatoms. The number of carbonyl (C=O) groups excluding carboxylic acids is 1. The Balaban J connectivity index is 1.70. The molecular formula is C15H19Cl2N3O2. The quantitative estimate of drug-likeness (QED) is 0.731. The molecule has 0 aliphatic carbocycles. The molecule has 1 aromatic rings.